The second kappa shape index (κ2) is 6.84. The number of furan rings is 1. The predicted octanol–water partition coefficient (Wildman–Crippen LogP) is 4.03. The molecule has 0 atom stereocenters. The van der Waals surface area contributed by atoms with Gasteiger partial charge in [0.05, 0.1) is 18.9 Å². The summed E-state index contributed by atoms with van der Waals surface area (Å²) in [6.45, 7) is 0. The van der Waals surface area contributed by atoms with Gasteiger partial charge in [0.2, 0.25) is 0 Å². The number of ether oxygens (including phenoxy) is 1. The minimum Gasteiger partial charge on any atom is -0.497 e. The number of amides is 2. The molecule has 6 nitrogen and oxygen atoms in total. The van der Waals surface area contributed by atoms with Crippen LogP contribution < -0.4 is 15.4 Å². The molecule has 134 valence electrons. The van der Waals surface area contributed by atoms with Crippen LogP contribution in [0.25, 0.3) is 11.6 Å². The van der Waals surface area contributed by atoms with Crippen molar-refractivity contribution in [3.8, 4) is 5.75 Å². The molecule has 2 amide bonds. The van der Waals surface area contributed by atoms with Crippen LogP contribution in [-0.2, 0) is 4.79 Å². The molecule has 2 aromatic carbocycles. The average molecular weight is 360 g/mol. The predicted molar refractivity (Wildman–Crippen MR) is 103 cm³/mol. The molecule has 0 unspecified atom stereocenters. The number of hydrogen-bond donors (Lipinski definition) is 2. The van der Waals surface area contributed by atoms with E-state index in [-0.39, 0.29) is 11.8 Å². The highest BCUT2D eigenvalue weighted by molar-refractivity contribution is 6.35. The summed E-state index contributed by atoms with van der Waals surface area (Å²) < 4.78 is 10.5. The van der Waals surface area contributed by atoms with E-state index in [0.717, 1.165) is 0 Å². The molecular weight excluding hydrogens is 344 g/mol. The smallest absolute Gasteiger partial charge is 0.256 e. The lowest BCUT2D eigenvalue weighted by Crippen LogP contribution is -2.12. The summed E-state index contributed by atoms with van der Waals surface area (Å²) in [6, 6.07) is 15.7. The molecule has 1 aromatic heterocycles. The first-order chi connectivity index (χ1) is 13.1. The summed E-state index contributed by atoms with van der Waals surface area (Å²) in [7, 11) is 1.57. The Balaban J connectivity index is 1.63. The van der Waals surface area contributed by atoms with Gasteiger partial charge in [-0.05, 0) is 48.5 Å². The molecule has 6 heteroatoms. The van der Waals surface area contributed by atoms with Gasteiger partial charge in [-0.25, -0.2) is 0 Å². The minimum atomic E-state index is -0.275. The maximum absolute atomic E-state index is 12.6. The number of methoxy groups -OCH3 is 1. The Morgan fingerprint density at radius 3 is 2.81 bits per heavy atom. The van der Waals surface area contributed by atoms with Crippen LogP contribution in [0.5, 0.6) is 5.75 Å². The maximum Gasteiger partial charge on any atom is 0.256 e. The van der Waals surface area contributed by atoms with Crippen molar-refractivity contribution in [2.75, 3.05) is 17.7 Å². The zero-order chi connectivity index (χ0) is 18.8. The van der Waals surface area contributed by atoms with E-state index >= 15 is 0 Å². The topological polar surface area (TPSA) is 80.6 Å². The number of hydrogen-bond acceptors (Lipinski definition) is 4. The molecule has 0 fully saturated rings. The highest BCUT2D eigenvalue weighted by atomic mass is 16.5. The van der Waals surface area contributed by atoms with Crippen LogP contribution in [0.1, 0.15) is 21.7 Å². The van der Waals surface area contributed by atoms with Crippen molar-refractivity contribution in [3.05, 3.63) is 77.7 Å². The number of anilines is 2. The fourth-order valence-electron chi connectivity index (χ4n) is 2.89. The summed E-state index contributed by atoms with van der Waals surface area (Å²) in [4.78, 5) is 24.9. The minimum absolute atomic E-state index is 0.230. The first-order valence-corrected chi connectivity index (χ1v) is 8.30. The Labute approximate surface area is 155 Å². The Morgan fingerprint density at radius 2 is 2.04 bits per heavy atom. The highest BCUT2D eigenvalue weighted by Crippen LogP contribution is 2.34. The third-order valence-corrected chi connectivity index (χ3v) is 4.22. The van der Waals surface area contributed by atoms with Crippen molar-refractivity contribution in [2.45, 2.75) is 0 Å². The maximum atomic E-state index is 12.6. The lowest BCUT2D eigenvalue weighted by molar-refractivity contribution is -0.110. The Bertz CT molecular complexity index is 1050. The normalized spacial score (nSPS) is 14.0. The van der Waals surface area contributed by atoms with Gasteiger partial charge in [0.25, 0.3) is 11.8 Å². The van der Waals surface area contributed by atoms with E-state index in [1.807, 2.05) is 0 Å². The number of benzene rings is 2. The second-order valence-electron chi connectivity index (χ2n) is 5.97. The number of carbonyl (C=O) groups excluding carboxylic acids is 2. The van der Waals surface area contributed by atoms with Gasteiger partial charge in [-0.3, -0.25) is 9.59 Å². The van der Waals surface area contributed by atoms with E-state index < -0.39 is 0 Å². The lowest BCUT2D eigenvalue weighted by Gasteiger charge is -2.08. The van der Waals surface area contributed by atoms with E-state index in [1.165, 1.54) is 6.26 Å². The van der Waals surface area contributed by atoms with Crippen LogP contribution in [0.15, 0.2) is 65.3 Å². The zero-order valence-electron chi connectivity index (χ0n) is 14.5. The van der Waals surface area contributed by atoms with Gasteiger partial charge >= 0.3 is 0 Å². The van der Waals surface area contributed by atoms with E-state index in [0.29, 0.717) is 39.6 Å². The molecule has 0 saturated carbocycles. The molecule has 27 heavy (non-hydrogen) atoms. The van der Waals surface area contributed by atoms with Crippen LogP contribution >= 0.6 is 0 Å². The van der Waals surface area contributed by atoms with Gasteiger partial charge < -0.3 is 19.8 Å². The van der Waals surface area contributed by atoms with Gasteiger partial charge in [0.15, 0.2) is 0 Å². The van der Waals surface area contributed by atoms with Crippen molar-refractivity contribution < 1.29 is 18.7 Å². The van der Waals surface area contributed by atoms with Crippen LogP contribution in [0.4, 0.5) is 11.4 Å². The molecule has 0 spiro atoms. The van der Waals surface area contributed by atoms with Crippen molar-refractivity contribution in [1.29, 1.82) is 0 Å². The number of nitrogens with one attached hydrogen (secondary N) is 2. The van der Waals surface area contributed by atoms with Crippen molar-refractivity contribution in [2.24, 2.45) is 0 Å². The lowest BCUT2D eigenvalue weighted by atomic mass is 10.0. The molecule has 2 N–H and O–H groups in total. The molecule has 4 rings (SSSR count). The van der Waals surface area contributed by atoms with Crippen LogP contribution in [0, 0.1) is 0 Å². The van der Waals surface area contributed by atoms with E-state index in [1.54, 1.807) is 67.8 Å². The fraction of sp³-hybridized carbons (Fsp3) is 0.0476. The molecule has 3 aromatic rings. The molecule has 1 aliphatic rings. The second-order valence-corrected chi connectivity index (χ2v) is 5.97. The number of fused-ring (bicyclic) bond motifs is 1. The van der Waals surface area contributed by atoms with Crippen LogP contribution in [0.2, 0.25) is 0 Å². The zero-order valence-corrected chi connectivity index (χ0v) is 14.5. The standard InChI is InChI=1S/C21H16N2O4/c1-26-15-5-2-4-14(11-15)22-20(24)13-7-8-19-17(10-13)18(21(25)23-19)12-16-6-3-9-27-16/h2-12H,1H3,(H,22,24)(H,23,25). The van der Waals surface area contributed by atoms with Crippen molar-refractivity contribution in [1.82, 2.24) is 0 Å². The molecule has 0 bridgehead atoms. The number of rotatable bonds is 4. The van der Waals surface area contributed by atoms with Crippen LogP contribution in [0.3, 0.4) is 0 Å². The Hall–Kier alpha value is -3.80. The van der Waals surface area contributed by atoms with Gasteiger partial charge in [0.1, 0.15) is 11.5 Å². The SMILES string of the molecule is COc1cccc(NC(=O)c2ccc3c(c2)C(=Cc2ccco2)C(=O)N3)c1. The third-order valence-electron chi connectivity index (χ3n) is 4.22. The van der Waals surface area contributed by atoms with E-state index in [9.17, 15) is 9.59 Å². The first kappa shape index (κ1) is 16.7. The van der Waals surface area contributed by atoms with Gasteiger partial charge in [0, 0.05) is 28.6 Å². The highest BCUT2D eigenvalue weighted by Gasteiger charge is 2.25. The Morgan fingerprint density at radius 1 is 1.15 bits per heavy atom. The summed E-state index contributed by atoms with van der Waals surface area (Å²) in [5.41, 5.74) is 2.85. The van der Waals surface area contributed by atoms with E-state index in [4.69, 9.17) is 9.15 Å². The summed E-state index contributed by atoms with van der Waals surface area (Å²) in [5.74, 6) is 0.717. The molecular formula is C21H16N2O4. The summed E-state index contributed by atoms with van der Waals surface area (Å²) in [6.07, 6.45) is 3.20. The molecule has 1 aliphatic heterocycles. The van der Waals surface area contributed by atoms with Crippen LogP contribution in [-0.4, -0.2) is 18.9 Å². The molecule has 0 aliphatic carbocycles. The van der Waals surface area contributed by atoms with Gasteiger partial charge in [-0.2, -0.15) is 0 Å². The largest absolute Gasteiger partial charge is 0.497 e. The molecule has 0 radical (unpaired) electrons. The average Bonchev–Trinajstić information content (AvgIpc) is 3.30. The van der Waals surface area contributed by atoms with Gasteiger partial charge in [-0.15, -0.1) is 0 Å². The van der Waals surface area contributed by atoms with Crippen molar-refractivity contribution in [3.63, 3.8) is 0 Å². The van der Waals surface area contributed by atoms with Crippen molar-refractivity contribution >= 4 is 34.8 Å². The van der Waals surface area contributed by atoms with E-state index in [2.05, 4.69) is 10.6 Å². The summed E-state index contributed by atoms with van der Waals surface area (Å²) in [5, 5.41) is 5.63. The fourth-order valence-corrected chi connectivity index (χ4v) is 2.89. The van der Waals surface area contributed by atoms with Gasteiger partial charge in [-0.1, -0.05) is 6.07 Å². The third kappa shape index (κ3) is 3.32. The monoisotopic (exact) mass is 360 g/mol. The number of carbonyl (C=O) groups is 2. The summed E-state index contributed by atoms with van der Waals surface area (Å²) >= 11 is 0. The Kier molecular flexibility index (Phi) is 4.22. The quantitative estimate of drug-likeness (QED) is 0.688. The first-order valence-electron chi connectivity index (χ1n) is 8.30. The molecule has 2 heterocycles. The molecule has 0 saturated heterocycles.